The lowest BCUT2D eigenvalue weighted by Gasteiger charge is -1.92. The molecule has 7 heteroatoms. The first kappa shape index (κ1) is 10.5. The fourth-order valence-electron chi connectivity index (χ4n) is 1.17. The highest BCUT2D eigenvalue weighted by Gasteiger charge is 2.11. The van der Waals surface area contributed by atoms with Gasteiger partial charge in [-0.2, -0.15) is 8.42 Å². The predicted molar refractivity (Wildman–Crippen MR) is 56.2 cm³/mol. The van der Waals surface area contributed by atoms with Crippen molar-refractivity contribution in [1.29, 1.82) is 0 Å². The average Bonchev–Trinajstić information content (AvgIpc) is 2.60. The summed E-state index contributed by atoms with van der Waals surface area (Å²) in [6.45, 7) is 0.159. The fraction of sp³-hybridized carbons (Fsp3) is 0.250. The number of aryl methyl sites for hydroxylation is 1. The van der Waals surface area contributed by atoms with Crippen LogP contribution in [0, 0.1) is 0 Å². The molecule has 0 amide bonds. The van der Waals surface area contributed by atoms with Crippen LogP contribution in [0.4, 0.5) is 0 Å². The molecule has 2 aromatic rings. The maximum Gasteiger partial charge on any atom is 0.271 e. The van der Waals surface area contributed by atoms with Gasteiger partial charge in [0.25, 0.3) is 10.1 Å². The number of hydrogen-bond donors (Lipinski definition) is 1. The third kappa shape index (κ3) is 2.71. The van der Waals surface area contributed by atoms with Gasteiger partial charge in [0, 0.05) is 16.6 Å². The zero-order valence-electron chi connectivity index (χ0n) is 7.70. The monoisotopic (exact) mass is 245 g/mol. The summed E-state index contributed by atoms with van der Waals surface area (Å²) in [7, 11) is -3.92. The highest BCUT2D eigenvalue weighted by atomic mass is 32.2. The quantitative estimate of drug-likeness (QED) is 0.630. The predicted octanol–water partition coefficient (Wildman–Crippen LogP) is 0.472. The van der Waals surface area contributed by atoms with Crippen LogP contribution in [0.3, 0.4) is 0 Å². The van der Waals surface area contributed by atoms with Crippen LogP contribution in [-0.2, 0) is 16.7 Å². The Morgan fingerprint density at radius 3 is 3.00 bits per heavy atom. The molecule has 0 spiro atoms. The van der Waals surface area contributed by atoms with E-state index in [-0.39, 0.29) is 12.3 Å². The molecule has 0 unspecified atom stereocenters. The van der Waals surface area contributed by atoms with E-state index in [4.69, 9.17) is 4.55 Å². The molecule has 0 aliphatic carbocycles. The van der Waals surface area contributed by atoms with E-state index in [0.29, 0.717) is 0 Å². The van der Waals surface area contributed by atoms with Gasteiger partial charge in [-0.25, -0.2) is 0 Å². The summed E-state index contributed by atoms with van der Waals surface area (Å²) in [5.74, 6) is -0.318. The fourth-order valence-corrected chi connectivity index (χ4v) is 2.35. The van der Waals surface area contributed by atoms with Crippen LogP contribution in [0.5, 0.6) is 0 Å². The Morgan fingerprint density at radius 2 is 2.27 bits per heavy atom. The minimum atomic E-state index is -3.92. The molecule has 0 atom stereocenters. The normalized spacial score (nSPS) is 12.1. The molecule has 2 heterocycles. The largest absolute Gasteiger partial charge is 0.285 e. The van der Waals surface area contributed by atoms with Crippen molar-refractivity contribution in [3.8, 4) is 0 Å². The molecule has 0 aliphatic heterocycles. The average molecular weight is 245 g/mol. The van der Waals surface area contributed by atoms with Crippen LogP contribution in [0.15, 0.2) is 23.7 Å². The molecule has 0 bridgehead atoms. The third-order valence-electron chi connectivity index (χ3n) is 1.90. The lowest BCUT2D eigenvalue weighted by atomic mass is 10.4. The highest BCUT2D eigenvalue weighted by molar-refractivity contribution is 7.85. The van der Waals surface area contributed by atoms with Gasteiger partial charge in [0.2, 0.25) is 0 Å². The smallest absolute Gasteiger partial charge is 0.271 e. The second-order valence-electron chi connectivity index (χ2n) is 3.05. The van der Waals surface area contributed by atoms with Gasteiger partial charge >= 0.3 is 0 Å². The Bertz CT molecular complexity index is 576. The third-order valence-corrected chi connectivity index (χ3v) is 3.41. The molecule has 0 saturated heterocycles. The Hall–Kier alpha value is -1.05. The molecule has 2 aromatic heterocycles. The highest BCUT2D eigenvalue weighted by Crippen LogP contribution is 2.14. The van der Waals surface area contributed by atoms with Gasteiger partial charge in [0.1, 0.15) is 5.75 Å². The maximum atomic E-state index is 10.5. The molecular formula is C8H9N2O3S2+. The van der Waals surface area contributed by atoms with Crippen molar-refractivity contribution in [2.75, 3.05) is 5.75 Å². The van der Waals surface area contributed by atoms with Crippen molar-refractivity contribution in [2.24, 2.45) is 0 Å². The number of rotatable bonds is 3. The molecule has 1 N–H and O–H groups in total. The second-order valence-corrected chi connectivity index (χ2v) is 5.51. The van der Waals surface area contributed by atoms with Gasteiger partial charge in [-0.05, 0) is 11.4 Å². The SMILES string of the molecule is O=S(=O)(O)CC[n+]1ccc2ccsc2n1. The minimum absolute atomic E-state index is 0.159. The standard InChI is InChI=1S/C8H8N2O3S2/c11-15(12,13)6-4-10-3-1-7-2-5-14-8(7)9-10/h1-3,5H,4,6H2/p+1. The minimum Gasteiger partial charge on any atom is -0.285 e. The number of aromatic nitrogens is 2. The zero-order valence-corrected chi connectivity index (χ0v) is 9.33. The second kappa shape index (κ2) is 3.84. The number of thiophene rings is 1. The van der Waals surface area contributed by atoms with Gasteiger partial charge in [-0.15, -0.1) is 11.3 Å². The number of fused-ring (bicyclic) bond motifs is 1. The molecule has 15 heavy (non-hydrogen) atoms. The lowest BCUT2D eigenvalue weighted by molar-refractivity contribution is -0.747. The first-order valence-corrected chi connectivity index (χ1v) is 6.73. The summed E-state index contributed by atoms with van der Waals surface area (Å²) < 4.78 is 31.2. The number of nitrogens with zero attached hydrogens (tertiary/aromatic N) is 2. The van der Waals surface area contributed by atoms with Crippen molar-refractivity contribution in [3.63, 3.8) is 0 Å². The summed E-state index contributed by atoms with van der Waals surface area (Å²) >= 11 is 1.49. The molecule has 0 saturated carbocycles. The van der Waals surface area contributed by atoms with Crippen LogP contribution >= 0.6 is 11.3 Å². The van der Waals surface area contributed by atoms with Crippen LogP contribution < -0.4 is 4.68 Å². The van der Waals surface area contributed by atoms with Crippen molar-refractivity contribution < 1.29 is 17.7 Å². The lowest BCUT2D eigenvalue weighted by Crippen LogP contribution is -2.40. The van der Waals surface area contributed by atoms with Crippen LogP contribution in [0.1, 0.15) is 0 Å². The van der Waals surface area contributed by atoms with E-state index in [1.165, 1.54) is 16.0 Å². The Kier molecular flexibility index (Phi) is 2.68. The van der Waals surface area contributed by atoms with Crippen molar-refractivity contribution in [2.45, 2.75) is 6.54 Å². The summed E-state index contributed by atoms with van der Waals surface area (Å²) in [4.78, 5) is 0.854. The van der Waals surface area contributed by atoms with Crippen LogP contribution in [-0.4, -0.2) is 23.8 Å². The first-order valence-electron chi connectivity index (χ1n) is 4.24. The van der Waals surface area contributed by atoms with Crippen molar-refractivity contribution >= 4 is 31.7 Å². The molecule has 0 radical (unpaired) electrons. The van der Waals surface area contributed by atoms with Gasteiger partial charge < -0.3 is 0 Å². The van der Waals surface area contributed by atoms with Gasteiger partial charge in [0.05, 0.1) is 0 Å². The van der Waals surface area contributed by atoms with Crippen LogP contribution in [0.2, 0.25) is 0 Å². The topological polar surface area (TPSA) is 71.1 Å². The molecule has 80 valence electrons. The molecule has 2 rings (SSSR count). The van der Waals surface area contributed by atoms with Crippen molar-refractivity contribution in [3.05, 3.63) is 23.7 Å². The molecule has 0 fully saturated rings. The molecular weight excluding hydrogens is 236 g/mol. The maximum absolute atomic E-state index is 10.5. The van der Waals surface area contributed by atoms with Gasteiger partial charge in [-0.3, -0.25) is 4.55 Å². The van der Waals surface area contributed by atoms with E-state index in [1.807, 2.05) is 17.5 Å². The zero-order chi connectivity index (χ0) is 10.9. The van der Waals surface area contributed by atoms with E-state index < -0.39 is 10.1 Å². The molecule has 0 aromatic carbocycles. The van der Waals surface area contributed by atoms with E-state index in [0.717, 1.165) is 10.2 Å². The molecule has 0 aliphatic rings. The summed E-state index contributed by atoms with van der Waals surface area (Å²) in [6, 6.07) is 3.81. The van der Waals surface area contributed by atoms with Gasteiger partial charge in [0.15, 0.2) is 17.6 Å². The molecule has 5 nitrogen and oxygen atoms in total. The Balaban J connectivity index is 2.21. The Labute approximate surface area is 90.7 Å². The van der Waals surface area contributed by atoms with E-state index in [9.17, 15) is 8.42 Å². The van der Waals surface area contributed by atoms with Crippen molar-refractivity contribution in [1.82, 2.24) is 5.10 Å². The number of hydrogen-bond acceptors (Lipinski definition) is 4. The summed E-state index contributed by atoms with van der Waals surface area (Å²) in [6.07, 6.45) is 1.69. The summed E-state index contributed by atoms with van der Waals surface area (Å²) in [5.41, 5.74) is 0. The van der Waals surface area contributed by atoms with E-state index in [1.54, 1.807) is 6.20 Å². The van der Waals surface area contributed by atoms with Gasteiger partial charge in [-0.1, -0.05) is 4.68 Å². The van der Waals surface area contributed by atoms with E-state index >= 15 is 0 Å². The van der Waals surface area contributed by atoms with Crippen LogP contribution in [0.25, 0.3) is 10.2 Å². The first-order chi connectivity index (χ1) is 7.04. The Morgan fingerprint density at radius 1 is 1.47 bits per heavy atom. The summed E-state index contributed by atoms with van der Waals surface area (Å²) in [5, 5.41) is 7.15. The van der Waals surface area contributed by atoms with E-state index in [2.05, 4.69) is 5.10 Å².